The molecule has 0 atom stereocenters. The minimum atomic E-state index is 0.593. The Morgan fingerprint density at radius 3 is 2.84 bits per heavy atom. The Kier molecular flexibility index (Phi) is 4.12. The van der Waals surface area contributed by atoms with Crippen LogP contribution >= 0.6 is 0 Å². The lowest BCUT2D eigenvalue weighted by Crippen LogP contribution is -2.07. The third-order valence-electron chi connectivity index (χ3n) is 4.08. The lowest BCUT2D eigenvalue weighted by Gasteiger charge is -2.06. The molecule has 0 bridgehead atoms. The van der Waals surface area contributed by atoms with Crippen molar-refractivity contribution in [2.75, 3.05) is 0 Å². The highest BCUT2D eigenvalue weighted by Gasteiger charge is 2.13. The van der Waals surface area contributed by atoms with Crippen molar-refractivity contribution in [2.45, 2.75) is 26.4 Å². The third-order valence-corrected chi connectivity index (χ3v) is 4.08. The summed E-state index contributed by atoms with van der Waals surface area (Å²) in [4.78, 5) is 9.01. The van der Waals surface area contributed by atoms with Gasteiger partial charge in [0.05, 0.1) is 0 Å². The lowest BCUT2D eigenvalue weighted by atomic mass is 10.2. The number of oxazole rings is 1. The highest BCUT2D eigenvalue weighted by atomic mass is 16.3. The van der Waals surface area contributed by atoms with Crippen LogP contribution in [0.2, 0.25) is 0 Å². The standard InChI is InChI=1S/C18H18N6O/c1-2-23-13-20-22-16(23)8-10-24-11-9-19-17(24)15-12-25-18(21-15)14-6-4-3-5-7-14/h3-7,9,11-13H,2,8,10H2,1H3. The van der Waals surface area contributed by atoms with E-state index in [1.165, 1.54) is 0 Å². The van der Waals surface area contributed by atoms with E-state index in [0.29, 0.717) is 5.89 Å². The topological polar surface area (TPSA) is 74.6 Å². The van der Waals surface area contributed by atoms with Gasteiger partial charge in [-0.2, -0.15) is 0 Å². The molecule has 3 heterocycles. The van der Waals surface area contributed by atoms with E-state index in [1.807, 2.05) is 41.1 Å². The van der Waals surface area contributed by atoms with Crippen molar-refractivity contribution in [3.63, 3.8) is 0 Å². The van der Waals surface area contributed by atoms with Crippen molar-refractivity contribution in [2.24, 2.45) is 0 Å². The zero-order valence-corrected chi connectivity index (χ0v) is 13.9. The van der Waals surface area contributed by atoms with Crippen LogP contribution in [0.1, 0.15) is 12.7 Å². The van der Waals surface area contributed by atoms with E-state index in [1.54, 1.807) is 18.8 Å². The molecule has 0 unspecified atom stereocenters. The number of imidazole rings is 1. The average molecular weight is 334 g/mol. The van der Waals surface area contributed by atoms with E-state index in [0.717, 1.165) is 42.4 Å². The quantitative estimate of drug-likeness (QED) is 0.542. The molecule has 0 spiro atoms. The maximum absolute atomic E-state index is 5.63. The second-order valence-electron chi connectivity index (χ2n) is 5.63. The van der Waals surface area contributed by atoms with E-state index in [9.17, 15) is 0 Å². The first-order chi connectivity index (χ1) is 12.3. The highest BCUT2D eigenvalue weighted by molar-refractivity contribution is 5.58. The fraction of sp³-hybridized carbons (Fsp3) is 0.222. The molecule has 25 heavy (non-hydrogen) atoms. The largest absolute Gasteiger partial charge is 0.444 e. The van der Waals surface area contributed by atoms with Gasteiger partial charge in [-0.25, -0.2) is 9.97 Å². The van der Waals surface area contributed by atoms with Crippen LogP contribution in [0.5, 0.6) is 0 Å². The lowest BCUT2D eigenvalue weighted by molar-refractivity contribution is 0.574. The van der Waals surface area contributed by atoms with Gasteiger partial charge in [-0.1, -0.05) is 18.2 Å². The summed E-state index contributed by atoms with van der Waals surface area (Å²) < 4.78 is 9.72. The van der Waals surface area contributed by atoms with E-state index in [2.05, 4.69) is 31.7 Å². The molecule has 4 aromatic rings. The van der Waals surface area contributed by atoms with Crippen molar-refractivity contribution in [1.29, 1.82) is 0 Å². The third kappa shape index (κ3) is 3.08. The molecule has 0 aliphatic rings. The Morgan fingerprint density at radius 1 is 1.12 bits per heavy atom. The summed E-state index contributed by atoms with van der Waals surface area (Å²) in [6.07, 6.45) is 7.90. The number of hydrogen-bond acceptors (Lipinski definition) is 5. The minimum Gasteiger partial charge on any atom is -0.444 e. The molecular formula is C18H18N6O. The minimum absolute atomic E-state index is 0.593. The van der Waals surface area contributed by atoms with Crippen molar-refractivity contribution < 1.29 is 4.42 Å². The molecule has 0 saturated carbocycles. The number of nitrogens with zero attached hydrogens (tertiary/aromatic N) is 6. The van der Waals surface area contributed by atoms with Gasteiger partial charge in [-0.05, 0) is 19.1 Å². The van der Waals surface area contributed by atoms with Crippen molar-refractivity contribution in [1.82, 2.24) is 29.3 Å². The Morgan fingerprint density at radius 2 is 2.00 bits per heavy atom. The summed E-state index contributed by atoms with van der Waals surface area (Å²) >= 11 is 0. The second-order valence-corrected chi connectivity index (χ2v) is 5.63. The molecule has 3 aromatic heterocycles. The smallest absolute Gasteiger partial charge is 0.226 e. The summed E-state index contributed by atoms with van der Waals surface area (Å²) in [7, 11) is 0. The number of benzene rings is 1. The summed E-state index contributed by atoms with van der Waals surface area (Å²) in [6, 6.07) is 9.84. The van der Waals surface area contributed by atoms with Crippen LogP contribution in [0, 0.1) is 0 Å². The molecule has 0 fully saturated rings. The fourth-order valence-corrected chi connectivity index (χ4v) is 2.77. The normalized spacial score (nSPS) is 11.1. The van der Waals surface area contributed by atoms with Gasteiger partial charge in [0.15, 0.2) is 5.82 Å². The maximum Gasteiger partial charge on any atom is 0.226 e. The molecule has 0 aliphatic carbocycles. The molecule has 0 radical (unpaired) electrons. The molecular weight excluding hydrogens is 316 g/mol. The maximum atomic E-state index is 5.63. The molecule has 4 rings (SSSR count). The zero-order chi connectivity index (χ0) is 17.1. The first-order valence-corrected chi connectivity index (χ1v) is 8.24. The molecule has 126 valence electrons. The van der Waals surface area contributed by atoms with Crippen molar-refractivity contribution >= 4 is 0 Å². The molecule has 7 nitrogen and oxygen atoms in total. The second kappa shape index (κ2) is 6.72. The first-order valence-electron chi connectivity index (χ1n) is 8.24. The molecule has 0 amide bonds. The Balaban J connectivity index is 1.55. The number of aryl methyl sites for hydroxylation is 3. The Labute approximate surface area is 145 Å². The summed E-state index contributed by atoms with van der Waals surface area (Å²) in [5.74, 6) is 2.34. The Bertz CT molecular complexity index is 953. The number of hydrogen-bond donors (Lipinski definition) is 0. The molecule has 0 aliphatic heterocycles. The van der Waals surface area contributed by atoms with Crippen LogP contribution in [0.4, 0.5) is 0 Å². The van der Waals surface area contributed by atoms with Crippen molar-refractivity contribution in [3.8, 4) is 23.0 Å². The van der Waals surface area contributed by atoms with Crippen molar-refractivity contribution in [3.05, 3.63) is 61.1 Å². The Hall–Kier alpha value is -3.22. The van der Waals surface area contributed by atoms with Crippen LogP contribution in [0.25, 0.3) is 23.0 Å². The summed E-state index contributed by atoms with van der Waals surface area (Å²) in [6.45, 7) is 3.69. The van der Waals surface area contributed by atoms with E-state index < -0.39 is 0 Å². The van der Waals surface area contributed by atoms with Gasteiger partial charge in [0.2, 0.25) is 5.89 Å². The van der Waals surface area contributed by atoms with Crippen LogP contribution in [0.3, 0.4) is 0 Å². The van der Waals surface area contributed by atoms with E-state index >= 15 is 0 Å². The fourth-order valence-electron chi connectivity index (χ4n) is 2.77. The number of aromatic nitrogens is 6. The highest BCUT2D eigenvalue weighted by Crippen LogP contribution is 2.23. The van der Waals surface area contributed by atoms with Gasteiger partial charge < -0.3 is 13.6 Å². The van der Waals surface area contributed by atoms with Gasteiger partial charge in [0.1, 0.15) is 24.1 Å². The van der Waals surface area contributed by atoms with Gasteiger partial charge in [-0.15, -0.1) is 10.2 Å². The van der Waals surface area contributed by atoms with Gasteiger partial charge in [-0.3, -0.25) is 0 Å². The molecule has 1 aromatic carbocycles. The number of rotatable bonds is 6. The van der Waals surface area contributed by atoms with Gasteiger partial charge >= 0.3 is 0 Å². The molecule has 7 heteroatoms. The van der Waals surface area contributed by atoms with Gasteiger partial charge in [0, 0.05) is 37.5 Å². The van der Waals surface area contributed by atoms with E-state index in [4.69, 9.17) is 4.42 Å². The summed E-state index contributed by atoms with van der Waals surface area (Å²) in [5, 5.41) is 8.15. The average Bonchev–Trinajstić information content (AvgIpc) is 3.39. The van der Waals surface area contributed by atoms with E-state index in [-0.39, 0.29) is 0 Å². The predicted molar refractivity (Wildman–Crippen MR) is 92.6 cm³/mol. The monoisotopic (exact) mass is 334 g/mol. The van der Waals surface area contributed by atoms with Crippen LogP contribution < -0.4 is 0 Å². The molecule has 0 N–H and O–H groups in total. The zero-order valence-electron chi connectivity index (χ0n) is 13.9. The predicted octanol–water partition coefficient (Wildman–Crippen LogP) is 3.06. The van der Waals surface area contributed by atoms with Gasteiger partial charge in [0.25, 0.3) is 0 Å². The van der Waals surface area contributed by atoms with Crippen LogP contribution in [-0.4, -0.2) is 29.3 Å². The SMILES string of the molecule is CCn1cnnc1CCn1ccnc1-c1coc(-c2ccccc2)n1. The molecule has 0 saturated heterocycles. The summed E-state index contributed by atoms with van der Waals surface area (Å²) in [5.41, 5.74) is 1.67. The van der Waals surface area contributed by atoms with Crippen LogP contribution in [-0.2, 0) is 19.5 Å². The van der Waals surface area contributed by atoms with Crippen LogP contribution in [0.15, 0.2) is 59.7 Å². The first kappa shape index (κ1) is 15.3.